The summed E-state index contributed by atoms with van der Waals surface area (Å²) in [6.45, 7) is 2.85. The summed E-state index contributed by atoms with van der Waals surface area (Å²) in [6.07, 6.45) is 3.36. The number of anilines is 1. The summed E-state index contributed by atoms with van der Waals surface area (Å²) in [5, 5.41) is 3.26. The number of amides is 1. The Morgan fingerprint density at radius 2 is 1.88 bits per heavy atom. The molecule has 0 aliphatic carbocycles. The molecule has 4 nitrogen and oxygen atoms in total. The van der Waals surface area contributed by atoms with Crippen molar-refractivity contribution in [2.45, 2.75) is 26.2 Å². The fourth-order valence-corrected chi connectivity index (χ4v) is 2.45. The Morgan fingerprint density at radius 1 is 1.12 bits per heavy atom. The molecule has 0 aliphatic rings. The van der Waals surface area contributed by atoms with Crippen LogP contribution in [0, 0.1) is 0 Å². The lowest BCUT2D eigenvalue weighted by Crippen LogP contribution is -2.11. The van der Waals surface area contributed by atoms with Gasteiger partial charge in [0.25, 0.3) is 5.91 Å². The van der Waals surface area contributed by atoms with Crippen molar-refractivity contribution in [3.63, 3.8) is 0 Å². The first-order chi connectivity index (χ1) is 11.6. The minimum Gasteiger partial charge on any atom is -0.495 e. The molecule has 0 spiro atoms. The predicted molar refractivity (Wildman–Crippen MR) is 97.4 cm³/mol. The van der Waals surface area contributed by atoms with Crippen LogP contribution in [-0.4, -0.2) is 19.6 Å². The number of hydrogen-bond acceptors (Lipinski definition) is 3. The van der Waals surface area contributed by atoms with Crippen molar-refractivity contribution in [2.75, 3.05) is 19.0 Å². The first-order valence-electron chi connectivity index (χ1n) is 8.01. The van der Waals surface area contributed by atoms with E-state index in [9.17, 15) is 4.79 Å². The molecule has 1 N–H and O–H groups in total. The van der Waals surface area contributed by atoms with Crippen LogP contribution in [-0.2, 0) is 0 Å². The maximum atomic E-state index is 12.3. The van der Waals surface area contributed by atoms with Gasteiger partial charge >= 0.3 is 0 Å². The highest BCUT2D eigenvalue weighted by Gasteiger charge is 2.08. The SMILES string of the molecule is CCCCCOc1ccc(C(=O)Nc2ccc(OC)c(Cl)c2)cc1. The van der Waals surface area contributed by atoms with Crippen molar-refractivity contribution >= 4 is 23.2 Å². The second kappa shape index (κ2) is 9.18. The van der Waals surface area contributed by atoms with E-state index in [1.807, 2.05) is 12.1 Å². The molecule has 0 aromatic heterocycles. The lowest BCUT2D eigenvalue weighted by molar-refractivity contribution is 0.102. The third-order valence-corrected chi connectivity index (χ3v) is 3.84. The van der Waals surface area contributed by atoms with Gasteiger partial charge in [0.15, 0.2) is 0 Å². The molecular formula is C19H22ClNO3. The molecule has 0 unspecified atom stereocenters. The van der Waals surface area contributed by atoms with Gasteiger partial charge in [-0.3, -0.25) is 4.79 Å². The van der Waals surface area contributed by atoms with E-state index in [0.717, 1.165) is 25.0 Å². The van der Waals surface area contributed by atoms with Crippen LogP contribution in [0.5, 0.6) is 11.5 Å². The topological polar surface area (TPSA) is 47.6 Å². The molecule has 2 aromatic rings. The summed E-state index contributed by atoms with van der Waals surface area (Å²) in [5.74, 6) is 1.14. The Hall–Kier alpha value is -2.20. The van der Waals surface area contributed by atoms with Crippen molar-refractivity contribution in [2.24, 2.45) is 0 Å². The molecule has 0 heterocycles. The molecule has 0 fully saturated rings. The van der Waals surface area contributed by atoms with E-state index in [-0.39, 0.29) is 5.91 Å². The van der Waals surface area contributed by atoms with Crippen LogP contribution in [0.25, 0.3) is 0 Å². The monoisotopic (exact) mass is 347 g/mol. The highest BCUT2D eigenvalue weighted by molar-refractivity contribution is 6.32. The normalized spacial score (nSPS) is 10.3. The van der Waals surface area contributed by atoms with Crippen LogP contribution < -0.4 is 14.8 Å². The predicted octanol–water partition coefficient (Wildman–Crippen LogP) is 5.17. The second-order valence-corrected chi connectivity index (χ2v) is 5.79. The lowest BCUT2D eigenvalue weighted by atomic mass is 10.2. The van der Waals surface area contributed by atoms with Crippen LogP contribution in [0.1, 0.15) is 36.5 Å². The molecule has 0 saturated carbocycles. The van der Waals surface area contributed by atoms with Crippen molar-refractivity contribution in [1.29, 1.82) is 0 Å². The van der Waals surface area contributed by atoms with Crippen molar-refractivity contribution in [1.82, 2.24) is 0 Å². The molecule has 0 aliphatic heterocycles. The average Bonchev–Trinajstić information content (AvgIpc) is 2.59. The second-order valence-electron chi connectivity index (χ2n) is 5.38. The molecule has 2 rings (SSSR count). The van der Waals surface area contributed by atoms with Gasteiger partial charge in [-0.2, -0.15) is 0 Å². The molecular weight excluding hydrogens is 326 g/mol. The number of hydrogen-bond donors (Lipinski definition) is 1. The van der Waals surface area contributed by atoms with Crippen LogP contribution in [0.15, 0.2) is 42.5 Å². The maximum Gasteiger partial charge on any atom is 0.255 e. The highest BCUT2D eigenvalue weighted by Crippen LogP contribution is 2.27. The molecule has 128 valence electrons. The Kier molecular flexibility index (Phi) is 6.94. The van der Waals surface area contributed by atoms with Crippen LogP contribution in [0.4, 0.5) is 5.69 Å². The number of rotatable bonds is 8. The number of ether oxygens (including phenoxy) is 2. The molecule has 24 heavy (non-hydrogen) atoms. The van der Waals surface area contributed by atoms with E-state index < -0.39 is 0 Å². The number of halogens is 1. The first-order valence-corrected chi connectivity index (χ1v) is 8.39. The van der Waals surface area contributed by atoms with Crippen LogP contribution >= 0.6 is 11.6 Å². The van der Waals surface area contributed by atoms with Gasteiger partial charge < -0.3 is 14.8 Å². The van der Waals surface area contributed by atoms with Gasteiger partial charge in [-0.25, -0.2) is 0 Å². The standard InChI is InChI=1S/C19H22ClNO3/c1-3-4-5-12-24-16-9-6-14(7-10-16)19(22)21-15-8-11-18(23-2)17(20)13-15/h6-11,13H,3-5,12H2,1-2H3,(H,21,22). The summed E-state index contributed by atoms with van der Waals surface area (Å²) >= 11 is 6.06. The summed E-state index contributed by atoms with van der Waals surface area (Å²) in [6, 6.07) is 12.2. The van der Waals surface area contributed by atoms with Gasteiger partial charge in [0.2, 0.25) is 0 Å². The smallest absolute Gasteiger partial charge is 0.255 e. The van der Waals surface area contributed by atoms with E-state index in [2.05, 4.69) is 12.2 Å². The zero-order valence-corrected chi connectivity index (χ0v) is 14.7. The Morgan fingerprint density at radius 3 is 2.50 bits per heavy atom. The van der Waals surface area contributed by atoms with Gasteiger partial charge in [0.05, 0.1) is 18.7 Å². The number of nitrogens with one attached hydrogen (secondary N) is 1. The minimum atomic E-state index is -0.200. The molecule has 0 bridgehead atoms. The van der Waals surface area contributed by atoms with Gasteiger partial charge in [0.1, 0.15) is 11.5 Å². The first kappa shape index (κ1) is 18.1. The lowest BCUT2D eigenvalue weighted by Gasteiger charge is -2.09. The van der Waals surface area contributed by atoms with Crippen molar-refractivity contribution in [3.8, 4) is 11.5 Å². The molecule has 0 atom stereocenters. The van der Waals surface area contributed by atoms with E-state index in [0.29, 0.717) is 28.6 Å². The molecule has 1 amide bonds. The van der Waals surface area contributed by atoms with Crippen LogP contribution in [0.3, 0.4) is 0 Å². The van der Waals surface area contributed by atoms with Crippen LogP contribution in [0.2, 0.25) is 5.02 Å². The van der Waals surface area contributed by atoms with Gasteiger partial charge in [0, 0.05) is 11.3 Å². The number of carbonyl (C=O) groups is 1. The third-order valence-electron chi connectivity index (χ3n) is 3.54. The average molecular weight is 348 g/mol. The van der Waals surface area contributed by atoms with Gasteiger partial charge in [-0.15, -0.1) is 0 Å². The van der Waals surface area contributed by atoms with E-state index >= 15 is 0 Å². The quantitative estimate of drug-likeness (QED) is 0.670. The van der Waals surface area contributed by atoms with E-state index in [4.69, 9.17) is 21.1 Å². The Balaban J connectivity index is 1.93. The molecule has 2 aromatic carbocycles. The number of benzene rings is 2. The van der Waals surface area contributed by atoms with E-state index in [1.54, 1.807) is 37.4 Å². The zero-order chi connectivity index (χ0) is 17.4. The summed E-state index contributed by atoms with van der Waals surface area (Å²) in [7, 11) is 1.55. The number of methoxy groups -OCH3 is 1. The number of unbranched alkanes of at least 4 members (excludes halogenated alkanes) is 2. The zero-order valence-electron chi connectivity index (χ0n) is 14.0. The number of carbonyl (C=O) groups excluding carboxylic acids is 1. The van der Waals surface area contributed by atoms with E-state index in [1.165, 1.54) is 0 Å². The van der Waals surface area contributed by atoms with Gasteiger partial charge in [-0.1, -0.05) is 31.4 Å². The minimum absolute atomic E-state index is 0.200. The largest absolute Gasteiger partial charge is 0.495 e. The highest BCUT2D eigenvalue weighted by atomic mass is 35.5. The maximum absolute atomic E-state index is 12.3. The molecule has 0 radical (unpaired) electrons. The summed E-state index contributed by atoms with van der Waals surface area (Å²) in [5.41, 5.74) is 1.17. The van der Waals surface area contributed by atoms with Crippen molar-refractivity contribution < 1.29 is 14.3 Å². The molecule has 5 heteroatoms. The third kappa shape index (κ3) is 5.17. The summed E-state index contributed by atoms with van der Waals surface area (Å²) in [4.78, 5) is 12.3. The fourth-order valence-electron chi connectivity index (χ4n) is 2.19. The Labute approximate surface area is 147 Å². The Bertz CT molecular complexity index is 671. The summed E-state index contributed by atoms with van der Waals surface area (Å²) < 4.78 is 10.7. The van der Waals surface area contributed by atoms with Gasteiger partial charge in [-0.05, 0) is 48.9 Å². The fraction of sp³-hybridized carbons (Fsp3) is 0.316. The van der Waals surface area contributed by atoms with Crippen molar-refractivity contribution in [3.05, 3.63) is 53.1 Å². The molecule has 0 saturated heterocycles.